The maximum absolute atomic E-state index is 5.90. The highest BCUT2D eigenvalue weighted by Crippen LogP contribution is 2.12. The summed E-state index contributed by atoms with van der Waals surface area (Å²) in [5, 5.41) is 0. The number of morpholine rings is 1. The van der Waals surface area contributed by atoms with E-state index in [0.717, 1.165) is 26.3 Å². The van der Waals surface area contributed by atoms with Gasteiger partial charge in [0.2, 0.25) is 0 Å². The van der Waals surface area contributed by atoms with Crippen LogP contribution in [0.1, 0.15) is 5.56 Å². The second-order valence-corrected chi connectivity index (χ2v) is 4.02. The van der Waals surface area contributed by atoms with Crippen LogP contribution in [0, 0.1) is 0 Å². The quantitative estimate of drug-likeness (QED) is 0.731. The number of hydrogen-bond acceptors (Lipinski definition) is 3. The van der Waals surface area contributed by atoms with E-state index in [1.807, 2.05) is 12.3 Å². The lowest BCUT2D eigenvalue weighted by Crippen LogP contribution is -2.45. The van der Waals surface area contributed by atoms with E-state index >= 15 is 0 Å². The Balaban J connectivity index is 1.97. The van der Waals surface area contributed by atoms with Gasteiger partial charge in [0.15, 0.2) is 0 Å². The molecule has 0 N–H and O–H groups in total. The van der Waals surface area contributed by atoms with E-state index in [-0.39, 0.29) is 0 Å². The van der Waals surface area contributed by atoms with Gasteiger partial charge in [-0.25, -0.2) is 0 Å². The highest BCUT2D eigenvalue weighted by molar-refractivity contribution is 6.18. The Morgan fingerprint density at radius 2 is 2.53 bits per heavy atom. The molecule has 0 radical (unpaired) electrons. The fraction of sp³-hybridized carbons (Fsp3) is 0.545. The lowest BCUT2D eigenvalue weighted by molar-refractivity contribution is -0.00308. The lowest BCUT2D eigenvalue weighted by Gasteiger charge is -2.34. The Morgan fingerprint density at radius 3 is 3.27 bits per heavy atom. The van der Waals surface area contributed by atoms with Gasteiger partial charge in [0.05, 0.1) is 13.2 Å². The van der Waals surface area contributed by atoms with Crippen molar-refractivity contribution in [1.82, 2.24) is 9.88 Å². The number of pyridine rings is 1. The smallest absolute Gasteiger partial charge is 0.0634 e. The van der Waals surface area contributed by atoms with E-state index in [2.05, 4.69) is 16.0 Å². The molecule has 1 atom stereocenters. The molecule has 2 rings (SSSR count). The minimum absolute atomic E-state index is 0.334. The van der Waals surface area contributed by atoms with E-state index in [1.165, 1.54) is 5.56 Å². The number of alkyl halides is 1. The second kappa shape index (κ2) is 5.45. The van der Waals surface area contributed by atoms with Crippen molar-refractivity contribution < 1.29 is 4.74 Å². The van der Waals surface area contributed by atoms with Crippen LogP contribution in [0.15, 0.2) is 24.5 Å². The molecule has 1 aliphatic heterocycles. The number of rotatable bonds is 3. The van der Waals surface area contributed by atoms with Crippen LogP contribution in [0.3, 0.4) is 0 Å². The van der Waals surface area contributed by atoms with Crippen LogP contribution in [-0.2, 0) is 11.3 Å². The molecule has 1 unspecified atom stereocenters. The van der Waals surface area contributed by atoms with Gasteiger partial charge < -0.3 is 4.74 Å². The molecular weight excluding hydrogens is 212 g/mol. The fourth-order valence-corrected chi connectivity index (χ4v) is 2.05. The third-order valence-corrected chi connectivity index (χ3v) is 2.99. The first-order chi connectivity index (χ1) is 7.40. The molecule has 3 nitrogen and oxygen atoms in total. The summed E-state index contributed by atoms with van der Waals surface area (Å²) in [6, 6.07) is 4.39. The molecule has 2 heterocycles. The zero-order valence-electron chi connectivity index (χ0n) is 8.60. The molecule has 15 heavy (non-hydrogen) atoms. The fourth-order valence-electron chi connectivity index (χ4n) is 1.77. The van der Waals surface area contributed by atoms with Crippen molar-refractivity contribution in [3.63, 3.8) is 0 Å². The molecule has 0 bridgehead atoms. The van der Waals surface area contributed by atoms with Gasteiger partial charge in [-0.15, -0.1) is 11.6 Å². The van der Waals surface area contributed by atoms with Gasteiger partial charge in [0.1, 0.15) is 0 Å². The maximum Gasteiger partial charge on any atom is 0.0634 e. The molecule has 1 aromatic heterocycles. The summed E-state index contributed by atoms with van der Waals surface area (Å²) in [7, 11) is 0. The Kier molecular flexibility index (Phi) is 3.94. The molecule has 4 heteroatoms. The molecule has 82 valence electrons. The summed E-state index contributed by atoms with van der Waals surface area (Å²) >= 11 is 5.90. The third-order valence-electron chi connectivity index (χ3n) is 2.64. The van der Waals surface area contributed by atoms with Crippen molar-refractivity contribution in [3.05, 3.63) is 30.1 Å². The lowest BCUT2D eigenvalue weighted by atomic mass is 10.2. The van der Waals surface area contributed by atoms with Crippen molar-refractivity contribution in [3.8, 4) is 0 Å². The van der Waals surface area contributed by atoms with Gasteiger partial charge in [-0.2, -0.15) is 0 Å². The highest BCUT2D eigenvalue weighted by atomic mass is 35.5. The number of nitrogens with zero attached hydrogens (tertiary/aromatic N) is 2. The third kappa shape index (κ3) is 2.91. The molecule has 0 saturated carbocycles. The SMILES string of the molecule is ClCC1COCCN1Cc1cccnc1. The highest BCUT2D eigenvalue weighted by Gasteiger charge is 2.21. The Labute approximate surface area is 95.0 Å². The molecule has 0 amide bonds. The minimum atomic E-state index is 0.334. The van der Waals surface area contributed by atoms with Crippen LogP contribution in [0.4, 0.5) is 0 Å². The molecule has 0 spiro atoms. The summed E-state index contributed by atoms with van der Waals surface area (Å²) in [4.78, 5) is 6.46. The van der Waals surface area contributed by atoms with Gasteiger partial charge in [-0.05, 0) is 11.6 Å². The van der Waals surface area contributed by atoms with Gasteiger partial charge in [0.25, 0.3) is 0 Å². The number of aromatic nitrogens is 1. The van der Waals surface area contributed by atoms with Crippen molar-refractivity contribution in [2.75, 3.05) is 25.6 Å². The van der Waals surface area contributed by atoms with Gasteiger partial charge in [-0.3, -0.25) is 9.88 Å². The largest absolute Gasteiger partial charge is 0.378 e. The Hall–Kier alpha value is -0.640. The molecule has 1 fully saturated rings. The average Bonchev–Trinajstić information content (AvgIpc) is 2.31. The number of ether oxygens (including phenoxy) is 1. The van der Waals surface area contributed by atoms with E-state index in [1.54, 1.807) is 6.20 Å². The van der Waals surface area contributed by atoms with Crippen LogP contribution in [0.5, 0.6) is 0 Å². The maximum atomic E-state index is 5.90. The van der Waals surface area contributed by atoms with Crippen molar-refractivity contribution in [2.24, 2.45) is 0 Å². The summed E-state index contributed by atoms with van der Waals surface area (Å²) in [5.74, 6) is 0.625. The molecule has 1 saturated heterocycles. The minimum Gasteiger partial charge on any atom is -0.378 e. The van der Waals surface area contributed by atoms with Crippen LogP contribution in [0.2, 0.25) is 0 Å². The Bertz CT molecular complexity index is 294. The van der Waals surface area contributed by atoms with Crippen molar-refractivity contribution in [2.45, 2.75) is 12.6 Å². The normalized spacial score (nSPS) is 22.9. The average molecular weight is 227 g/mol. The molecular formula is C11H15ClN2O. The van der Waals surface area contributed by atoms with Gasteiger partial charge in [0, 0.05) is 37.4 Å². The Morgan fingerprint density at radius 1 is 1.60 bits per heavy atom. The molecule has 0 aliphatic carbocycles. The standard InChI is InChI=1S/C11H15ClN2O/c12-6-11-9-15-5-4-14(11)8-10-2-1-3-13-7-10/h1-3,7,11H,4-6,8-9H2. The number of halogens is 1. The van der Waals surface area contributed by atoms with Crippen LogP contribution in [-0.4, -0.2) is 41.6 Å². The first-order valence-corrected chi connectivity index (χ1v) is 5.70. The summed E-state index contributed by atoms with van der Waals surface area (Å²) in [6.07, 6.45) is 3.70. The van der Waals surface area contributed by atoms with E-state index in [9.17, 15) is 0 Å². The first kappa shape index (κ1) is 10.9. The number of hydrogen-bond donors (Lipinski definition) is 0. The summed E-state index contributed by atoms with van der Waals surface area (Å²) < 4.78 is 5.40. The van der Waals surface area contributed by atoms with Crippen molar-refractivity contribution >= 4 is 11.6 Å². The van der Waals surface area contributed by atoms with E-state index in [4.69, 9.17) is 16.3 Å². The van der Waals surface area contributed by atoms with E-state index in [0.29, 0.717) is 11.9 Å². The monoisotopic (exact) mass is 226 g/mol. The predicted molar refractivity (Wildman–Crippen MR) is 60.0 cm³/mol. The zero-order chi connectivity index (χ0) is 10.5. The van der Waals surface area contributed by atoms with E-state index < -0.39 is 0 Å². The van der Waals surface area contributed by atoms with Crippen LogP contribution < -0.4 is 0 Å². The topological polar surface area (TPSA) is 25.4 Å². The summed E-state index contributed by atoms with van der Waals surface area (Å²) in [5.41, 5.74) is 1.23. The second-order valence-electron chi connectivity index (χ2n) is 3.71. The summed E-state index contributed by atoms with van der Waals surface area (Å²) in [6.45, 7) is 3.40. The molecule has 1 aliphatic rings. The zero-order valence-corrected chi connectivity index (χ0v) is 9.36. The molecule has 1 aromatic rings. The van der Waals surface area contributed by atoms with Crippen LogP contribution in [0.25, 0.3) is 0 Å². The molecule has 0 aromatic carbocycles. The van der Waals surface area contributed by atoms with Crippen LogP contribution >= 0.6 is 11.6 Å². The van der Waals surface area contributed by atoms with Crippen molar-refractivity contribution in [1.29, 1.82) is 0 Å². The van der Waals surface area contributed by atoms with Gasteiger partial charge in [-0.1, -0.05) is 6.07 Å². The van der Waals surface area contributed by atoms with Gasteiger partial charge >= 0.3 is 0 Å². The first-order valence-electron chi connectivity index (χ1n) is 5.17. The predicted octanol–water partition coefficient (Wildman–Crippen LogP) is 1.52.